The van der Waals surface area contributed by atoms with Crippen molar-refractivity contribution in [1.82, 2.24) is 0 Å². The van der Waals surface area contributed by atoms with Crippen molar-refractivity contribution < 1.29 is 9.90 Å². The molecule has 1 fully saturated rings. The Morgan fingerprint density at radius 1 is 1.80 bits per heavy atom. The molecule has 1 heterocycles. The highest BCUT2D eigenvalue weighted by atomic mass is 32.2. The molecule has 0 aromatic rings. The summed E-state index contributed by atoms with van der Waals surface area (Å²) in [7, 11) is 0. The zero-order valence-electron chi connectivity index (χ0n) is 5.49. The Kier molecular flexibility index (Phi) is 2.92. The van der Waals surface area contributed by atoms with Crippen LogP contribution in [0.5, 0.6) is 0 Å². The summed E-state index contributed by atoms with van der Waals surface area (Å²) in [6.45, 7) is 0. The molecule has 58 valence electrons. The third-order valence-electron chi connectivity index (χ3n) is 1.63. The predicted molar refractivity (Wildman–Crippen MR) is 45.8 cm³/mol. The summed E-state index contributed by atoms with van der Waals surface area (Å²) in [6.07, 6.45) is 0.795. The Balaban J connectivity index is 2.35. The van der Waals surface area contributed by atoms with Gasteiger partial charge in [0, 0.05) is 16.8 Å². The first kappa shape index (κ1) is 8.27. The van der Waals surface area contributed by atoms with Gasteiger partial charge in [-0.25, -0.2) is 0 Å². The van der Waals surface area contributed by atoms with Crippen LogP contribution < -0.4 is 0 Å². The fourth-order valence-corrected chi connectivity index (χ4v) is 2.73. The van der Waals surface area contributed by atoms with E-state index in [0.29, 0.717) is 5.25 Å². The molecule has 1 aliphatic rings. The number of hydrogen-bond donors (Lipinski definition) is 2. The molecule has 1 unspecified atom stereocenters. The first-order valence-corrected chi connectivity index (χ1v) is 4.87. The van der Waals surface area contributed by atoms with E-state index in [-0.39, 0.29) is 5.92 Å². The lowest BCUT2D eigenvalue weighted by molar-refractivity contribution is -0.140. The summed E-state index contributed by atoms with van der Waals surface area (Å²) in [5, 5.41) is 9.05. The second-order valence-electron chi connectivity index (χ2n) is 2.41. The zero-order chi connectivity index (χ0) is 7.56. The summed E-state index contributed by atoms with van der Waals surface area (Å²) in [4.78, 5) is 10.4. The lowest BCUT2D eigenvalue weighted by Crippen LogP contribution is -2.13. The summed E-state index contributed by atoms with van der Waals surface area (Å²) in [5.74, 6) is 0.786. The maximum Gasteiger partial charge on any atom is 0.307 e. The van der Waals surface area contributed by atoms with Crippen molar-refractivity contribution in [3.63, 3.8) is 0 Å². The van der Waals surface area contributed by atoms with Crippen LogP contribution in [-0.2, 0) is 4.79 Å². The normalized spacial score (nSPS) is 32.5. The van der Waals surface area contributed by atoms with Crippen LogP contribution in [0, 0.1) is 5.92 Å². The van der Waals surface area contributed by atoms with Crippen molar-refractivity contribution in [2.24, 2.45) is 5.92 Å². The number of carboxylic acid groups (broad SMARTS) is 1. The van der Waals surface area contributed by atoms with E-state index in [1.165, 1.54) is 0 Å². The molecule has 1 rings (SSSR count). The van der Waals surface area contributed by atoms with Gasteiger partial charge in [0.2, 0.25) is 0 Å². The number of thiol groups is 1. The van der Waals surface area contributed by atoms with E-state index >= 15 is 0 Å². The molecule has 1 N–H and O–H groups in total. The number of carboxylic acids is 1. The predicted octanol–water partition coefficient (Wildman–Crippen LogP) is 1.12. The molecule has 0 aromatic heterocycles. The van der Waals surface area contributed by atoms with Crippen LogP contribution in [0.4, 0.5) is 0 Å². The van der Waals surface area contributed by atoms with Gasteiger partial charge in [-0.05, 0) is 6.42 Å². The van der Waals surface area contributed by atoms with Crippen LogP contribution in [0.2, 0.25) is 0 Å². The molecule has 0 saturated carbocycles. The second-order valence-corrected chi connectivity index (χ2v) is 4.11. The highest BCUT2D eigenvalue weighted by Gasteiger charge is 2.29. The smallest absolute Gasteiger partial charge is 0.307 e. The highest BCUT2D eigenvalue weighted by Crippen LogP contribution is 2.31. The lowest BCUT2D eigenvalue weighted by atomic mass is 10.1. The van der Waals surface area contributed by atoms with E-state index < -0.39 is 5.97 Å². The minimum absolute atomic E-state index is 0.123. The van der Waals surface area contributed by atoms with Gasteiger partial charge in [0.05, 0.1) is 5.92 Å². The number of aliphatic carboxylic acids is 1. The minimum atomic E-state index is -0.656. The monoisotopic (exact) mass is 178 g/mol. The van der Waals surface area contributed by atoms with Gasteiger partial charge in [0.15, 0.2) is 0 Å². The molecule has 2 atom stereocenters. The third kappa shape index (κ3) is 1.83. The fourth-order valence-electron chi connectivity index (χ4n) is 1.01. The van der Waals surface area contributed by atoms with Crippen molar-refractivity contribution in [2.75, 3.05) is 11.5 Å². The van der Waals surface area contributed by atoms with Gasteiger partial charge >= 0.3 is 5.97 Å². The van der Waals surface area contributed by atoms with E-state index in [2.05, 4.69) is 12.6 Å². The van der Waals surface area contributed by atoms with Gasteiger partial charge in [0.25, 0.3) is 0 Å². The molecular formula is C6H10O2S2. The van der Waals surface area contributed by atoms with Crippen molar-refractivity contribution in [1.29, 1.82) is 0 Å². The average Bonchev–Trinajstić information content (AvgIpc) is 2.34. The number of thioether (sulfide) groups is 1. The fraction of sp³-hybridized carbons (Fsp3) is 0.833. The first-order chi connectivity index (χ1) is 4.74. The van der Waals surface area contributed by atoms with Crippen LogP contribution in [0.1, 0.15) is 6.42 Å². The molecule has 4 heteroatoms. The summed E-state index contributed by atoms with van der Waals surface area (Å²) >= 11 is 5.83. The Labute approximate surface area is 69.8 Å². The van der Waals surface area contributed by atoms with Gasteiger partial charge in [-0.3, -0.25) is 4.79 Å². The number of hydrogen-bond acceptors (Lipinski definition) is 3. The summed E-state index contributed by atoms with van der Waals surface area (Å²) in [6, 6.07) is 0. The van der Waals surface area contributed by atoms with Crippen molar-refractivity contribution in [3.05, 3.63) is 0 Å². The van der Waals surface area contributed by atoms with Crippen LogP contribution in [0.15, 0.2) is 0 Å². The summed E-state index contributed by atoms with van der Waals surface area (Å²) in [5.41, 5.74) is 0. The Hall–Kier alpha value is 0.170. The standard InChI is InChI=1S/C6H10O2S2/c7-6(8)4-1-5(2-9)10-3-4/h4-5,9H,1-3H2,(H,7,8)/t4?,5-/m0/s1. The molecular weight excluding hydrogens is 168 g/mol. The minimum Gasteiger partial charge on any atom is -0.481 e. The maximum absolute atomic E-state index is 10.4. The van der Waals surface area contributed by atoms with Crippen molar-refractivity contribution >= 4 is 30.4 Å². The largest absolute Gasteiger partial charge is 0.481 e. The van der Waals surface area contributed by atoms with Crippen LogP contribution in [0.25, 0.3) is 0 Å². The maximum atomic E-state index is 10.4. The Bertz CT molecular complexity index is 138. The molecule has 10 heavy (non-hydrogen) atoms. The van der Waals surface area contributed by atoms with Crippen LogP contribution in [0.3, 0.4) is 0 Å². The van der Waals surface area contributed by atoms with Gasteiger partial charge in [-0.15, -0.1) is 0 Å². The zero-order valence-corrected chi connectivity index (χ0v) is 7.20. The molecule has 1 saturated heterocycles. The average molecular weight is 178 g/mol. The van der Waals surface area contributed by atoms with E-state index in [0.717, 1.165) is 17.9 Å². The molecule has 0 aliphatic carbocycles. The molecule has 0 aromatic carbocycles. The van der Waals surface area contributed by atoms with Crippen molar-refractivity contribution in [3.8, 4) is 0 Å². The van der Waals surface area contributed by atoms with Gasteiger partial charge < -0.3 is 5.11 Å². The first-order valence-electron chi connectivity index (χ1n) is 3.19. The Morgan fingerprint density at radius 2 is 2.50 bits per heavy atom. The molecule has 0 spiro atoms. The van der Waals surface area contributed by atoms with Gasteiger partial charge in [-0.2, -0.15) is 24.4 Å². The van der Waals surface area contributed by atoms with E-state index in [1.807, 2.05) is 0 Å². The SMILES string of the molecule is O=C(O)C1CS[C@H](CS)C1. The van der Waals surface area contributed by atoms with Crippen molar-refractivity contribution in [2.45, 2.75) is 11.7 Å². The van der Waals surface area contributed by atoms with E-state index in [4.69, 9.17) is 5.11 Å². The van der Waals surface area contributed by atoms with Crippen LogP contribution in [-0.4, -0.2) is 27.8 Å². The molecule has 0 amide bonds. The second kappa shape index (κ2) is 3.53. The Morgan fingerprint density at radius 3 is 2.80 bits per heavy atom. The topological polar surface area (TPSA) is 37.3 Å². The molecule has 0 radical (unpaired) electrons. The number of rotatable bonds is 2. The molecule has 2 nitrogen and oxygen atoms in total. The highest BCUT2D eigenvalue weighted by molar-refractivity contribution is 8.00. The molecule has 1 aliphatic heterocycles. The number of carbonyl (C=O) groups is 1. The quantitative estimate of drug-likeness (QED) is 0.622. The van der Waals surface area contributed by atoms with Crippen LogP contribution >= 0.6 is 24.4 Å². The van der Waals surface area contributed by atoms with Gasteiger partial charge in [0.1, 0.15) is 0 Å². The third-order valence-corrected chi connectivity index (χ3v) is 3.75. The van der Waals surface area contributed by atoms with Gasteiger partial charge in [-0.1, -0.05) is 0 Å². The molecule has 0 bridgehead atoms. The van der Waals surface area contributed by atoms with E-state index in [9.17, 15) is 4.79 Å². The van der Waals surface area contributed by atoms with E-state index in [1.54, 1.807) is 11.8 Å². The lowest BCUT2D eigenvalue weighted by Gasteiger charge is -2.01. The summed E-state index contributed by atoms with van der Waals surface area (Å²) < 4.78 is 0.